The summed E-state index contributed by atoms with van der Waals surface area (Å²) in [5.74, 6) is -0.327. The third kappa shape index (κ3) is 2.65. The topological polar surface area (TPSA) is 71.5 Å². The van der Waals surface area contributed by atoms with Crippen molar-refractivity contribution in [1.29, 1.82) is 0 Å². The van der Waals surface area contributed by atoms with Crippen LogP contribution in [0.25, 0.3) is 0 Å². The molecule has 2 N–H and O–H groups in total. The number of nitrogens with zero attached hydrogens (tertiary/aromatic N) is 1. The number of phenols is 1. The number of rotatable bonds is 3. The molecule has 5 heteroatoms. The lowest BCUT2D eigenvalue weighted by Gasteiger charge is -2.10. The van der Waals surface area contributed by atoms with Crippen LogP contribution in [0.3, 0.4) is 0 Å². The lowest BCUT2D eigenvalue weighted by atomic mass is 10.1. The van der Waals surface area contributed by atoms with E-state index in [-0.39, 0.29) is 17.1 Å². The van der Waals surface area contributed by atoms with Gasteiger partial charge in [-0.05, 0) is 31.2 Å². The van der Waals surface area contributed by atoms with Crippen LogP contribution in [0, 0.1) is 6.92 Å². The summed E-state index contributed by atoms with van der Waals surface area (Å²) in [5.41, 5.74) is 1.47. The lowest BCUT2D eigenvalue weighted by molar-refractivity contribution is 0.102. The first-order valence-corrected chi connectivity index (χ1v) is 5.72. The number of aromatic hydroxyl groups is 1. The zero-order chi connectivity index (χ0) is 13.8. The van der Waals surface area contributed by atoms with Gasteiger partial charge in [0.1, 0.15) is 0 Å². The summed E-state index contributed by atoms with van der Waals surface area (Å²) in [7, 11) is 1.43. The van der Waals surface area contributed by atoms with Gasteiger partial charge in [0, 0.05) is 6.20 Å². The molecule has 0 saturated carbocycles. The Morgan fingerprint density at radius 1 is 1.32 bits per heavy atom. The number of nitrogens with one attached hydrogen (secondary N) is 1. The quantitative estimate of drug-likeness (QED) is 0.886. The first-order chi connectivity index (χ1) is 9.13. The van der Waals surface area contributed by atoms with Gasteiger partial charge in [-0.1, -0.05) is 6.07 Å². The van der Waals surface area contributed by atoms with Gasteiger partial charge in [-0.15, -0.1) is 0 Å². The van der Waals surface area contributed by atoms with Crippen LogP contribution >= 0.6 is 0 Å². The van der Waals surface area contributed by atoms with Crippen molar-refractivity contribution in [3.05, 3.63) is 47.8 Å². The maximum Gasteiger partial charge on any atom is 0.259 e. The van der Waals surface area contributed by atoms with Crippen LogP contribution in [0.5, 0.6) is 11.5 Å². The Morgan fingerprint density at radius 2 is 2.11 bits per heavy atom. The number of methoxy groups -OCH3 is 1. The fourth-order valence-corrected chi connectivity index (χ4v) is 1.68. The van der Waals surface area contributed by atoms with Crippen LogP contribution in [-0.2, 0) is 0 Å². The molecular formula is C14H14N2O3. The summed E-state index contributed by atoms with van der Waals surface area (Å²) in [4.78, 5) is 16.2. The van der Waals surface area contributed by atoms with Crippen molar-refractivity contribution < 1.29 is 14.6 Å². The van der Waals surface area contributed by atoms with E-state index in [1.165, 1.54) is 13.2 Å². The molecule has 1 aromatic heterocycles. The average Bonchev–Trinajstić information content (AvgIpc) is 2.41. The van der Waals surface area contributed by atoms with Crippen molar-refractivity contribution in [2.45, 2.75) is 6.92 Å². The Morgan fingerprint density at radius 3 is 2.79 bits per heavy atom. The maximum absolute atomic E-state index is 12.1. The number of ether oxygens (including phenoxy) is 1. The van der Waals surface area contributed by atoms with Gasteiger partial charge in [-0.25, -0.2) is 0 Å². The predicted molar refractivity (Wildman–Crippen MR) is 71.6 cm³/mol. The van der Waals surface area contributed by atoms with Crippen molar-refractivity contribution in [3.63, 3.8) is 0 Å². The number of aryl methyl sites for hydroxylation is 1. The number of hydrogen-bond acceptors (Lipinski definition) is 4. The van der Waals surface area contributed by atoms with E-state index < -0.39 is 5.91 Å². The zero-order valence-electron chi connectivity index (χ0n) is 10.7. The second-order valence-electron chi connectivity index (χ2n) is 3.95. The van der Waals surface area contributed by atoms with Gasteiger partial charge >= 0.3 is 0 Å². The predicted octanol–water partition coefficient (Wildman–Crippen LogP) is 2.36. The third-order valence-electron chi connectivity index (χ3n) is 2.72. The van der Waals surface area contributed by atoms with Crippen molar-refractivity contribution in [2.75, 3.05) is 12.4 Å². The highest BCUT2D eigenvalue weighted by molar-refractivity contribution is 6.06. The van der Waals surface area contributed by atoms with Gasteiger partial charge in [0.25, 0.3) is 5.91 Å². The van der Waals surface area contributed by atoms with Crippen LogP contribution < -0.4 is 10.1 Å². The first-order valence-electron chi connectivity index (χ1n) is 5.72. The van der Waals surface area contributed by atoms with E-state index in [9.17, 15) is 9.90 Å². The Kier molecular flexibility index (Phi) is 3.66. The molecule has 19 heavy (non-hydrogen) atoms. The van der Waals surface area contributed by atoms with E-state index in [2.05, 4.69) is 10.3 Å². The van der Waals surface area contributed by atoms with E-state index in [1.54, 1.807) is 37.4 Å². The molecular weight excluding hydrogens is 244 g/mol. The molecule has 0 fully saturated rings. The van der Waals surface area contributed by atoms with Crippen molar-refractivity contribution in [1.82, 2.24) is 4.98 Å². The van der Waals surface area contributed by atoms with Crippen LogP contribution in [0.15, 0.2) is 36.5 Å². The number of anilines is 1. The number of benzene rings is 1. The second kappa shape index (κ2) is 5.39. The Hall–Kier alpha value is -2.56. The molecule has 0 spiro atoms. The summed E-state index contributed by atoms with van der Waals surface area (Å²) < 4.78 is 4.97. The average molecular weight is 258 g/mol. The monoisotopic (exact) mass is 258 g/mol. The van der Waals surface area contributed by atoms with Gasteiger partial charge in [0.05, 0.1) is 24.1 Å². The summed E-state index contributed by atoms with van der Waals surface area (Å²) in [6.07, 6.45) is 1.65. The number of aromatic nitrogens is 1. The van der Waals surface area contributed by atoms with Crippen LogP contribution in [-0.4, -0.2) is 23.1 Å². The third-order valence-corrected chi connectivity index (χ3v) is 2.72. The molecule has 0 atom stereocenters. The Balaban J connectivity index is 2.28. The highest BCUT2D eigenvalue weighted by atomic mass is 16.5. The van der Waals surface area contributed by atoms with Gasteiger partial charge in [-0.2, -0.15) is 0 Å². The van der Waals surface area contributed by atoms with E-state index in [1.807, 2.05) is 0 Å². The molecule has 98 valence electrons. The number of pyridine rings is 1. The first kappa shape index (κ1) is 12.9. The summed E-state index contributed by atoms with van der Waals surface area (Å²) in [6, 6.07) is 8.23. The molecule has 0 aliphatic carbocycles. The largest absolute Gasteiger partial charge is 0.504 e. The van der Waals surface area contributed by atoms with Gasteiger partial charge < -0.3 is 15.2 Å². The number of carbonyl (C=O) groups excluding carboxylic acids is 1. The lowest BCUT2D eigenvalue weighted by Crippen LogP contribution is -2.13. The molecule has 5 nitrogen and oxygen atoms in total. The molecule has 0 aliphatic rings. The molecule has 0 bridgehead atoms. The van der Waals surface area contributed by atoms with Crippen molar-refractivity contribution in [3.8, 4) is 11.5 Å². The molecule has 0 aliphatic heterocycles. The minimum Gasteiger partial charge on any atom is -0.504 e. The minimum absolute atomic E-state index is 0.155. The molecule has 0 radical (unpaired) electrons. The summed E-state index contributed by atoms with van der Waals surface area (Å²) in [6.45, 7) is 1.79. The standard InChI is InChI=1S/C14H14N2O3/c1-9-11(6-4-8-15-9)16-14(18)10-5-3-7-12(19-2)13(10)17/h3-8,17H,1-2H3,(H,16,18). The van der Waals surface area contributed by atoms with E-state index in [4.69, 9.17) is 4.74 Å². The SMILES string of the molecule is COc1cccc(C(=O)Nc2cccnc2C)c1O. The van der Waals surface area contributed by atoms with Crippen molar-refractivity contribution in [2.24, 2.45) is 0 Å². The molecule has 2 rings (SSSR count). The number of hydrogen-bond donors (Lipinski definition) is 2. The van der Waals surface area contributed by atoms with Crippen LogP contribution in [0.1, 0.15) is 16.1 Å². The molecule has 1 amide bonds. The number of phenolic OH excluding ortho intramolecular Hbond substituents is 1. The van der Waals surface area contributed by atoms with Crippen LogP contribution in [0.2, 0.25) is 0 Å². The smallest absolute Gasteiger partial charge is 0.259 e. The Labute approximate surface area is 110 Å². The van der Waals surface area contributed by atoms with Crippen molar-refractivity contribution >= 4 is 11.6 Å². The molecule has 1 heterocycles. The molecule has 0 saturated heterocycles. The van der Waals surface area contributed by atoms with Gasteiger partial charge in [0.2, 0.25) is 0 Å². The van der Waals surface area contributed by atoms with E-state index in [0.29, 0.717) is 11.4 Å². The second-order valence-corrected chi connectivity index (χ2v) is 3.95. The van der Waals surface area contributed by atoms with E-state index in [0.717, 1.165) is 0 Å². The highest BCUT2D eigenvalue weighted by Gasteiger charge is 2.15. The highest BCUT2D eigenvalue weighted by Crippen LogP contribution is 2.29. The van der Waals surface area contributed by atoms with Crippen LogP contribution in [0.4, 0.5) is 5.69 Å². The summed E-state index contributed by atoms with van der Waals surface area (Å²) >= 11 is 0. The fourth-order valence-electron chi connectivity index (χ4n) is 1.68. The fraction of sp³-hybridized carbons (Fsp3) is 0.143. The minimum atomic E-state index is -0.410. The molecule has 1 aromatic carbocycles. The Bertz CT molecular complexity index is 611. The number of para-hydroxylation sites is 1. The van der Waals surface area contributed by atoms with Gasteiger partial charge in [0.15, 0.2) is 11.5 Å². The molecule has 0 unspecified atom stereocenters. The molecule has 2 aromatic rings. The summed E-state index contributed by atoms with van der Waals surface area (Å²) in [5, 5.41) is 12.6. The number of carbonyl (C=O) groups is 1. The normalized spacial score (nSPS) is 10.0. The maximum atomic E-state index is 12.1. The number of amides is 1. The van der Waals surface area contributed by atoms with E-state index >= 15 is 0 Å². The zero-order valence-corrected chi connectivity index (χ0v) is 10.7. The van der Waals surface area contributed by atoms with Gasteiger partial charge in [-0.3, -0.25) is 9.78 Å².